The van der Waals surface area contributed by atoms with E-state index >= 15 is 0 Å². The molecule has 0 radical (unpaired) electrons. The molecule has 1 aliphatic carbocycles. The Bertz CT molecular complexity index is 526. The first-order valence-electron chi connectivity index (χ1n) is 7.85. The number of carbonyl (C=O) groups excluding carboxylic acids is 2. The number of benzene rings is 1. The first-order chi connectivity index (χ1) is 10.6. The maximum absolute atomic E-state index is 12.6. The standard InChI is InChI=1S/C17H22BrNO3/c1-2-22-17(21)15(12-7-4-3-5-8-12)16(20)19-14-10-6-9-13(18)11-14/h6,9-12,15H,2-5,7-8H2,1H3,(H,19,20). The highest BCUT2D eigenvalue weighted by Crippen LogP contribution is 2.32. The van der Waals surface area contributed by atoms with Crippen LogP contribution >= 0.6 is 15.9 Å². The van der Waals surface area contributed by atoms with Crippen LogP contribution in [0.25, 0.3) is 0 Å². The van der Waals surface area contributed by atoms with Crippen molar-refractivity contribution < 1.29 is 14.3 Å². The Hall–Kier alpha value is -1.36. The molecular formula is C17H22BrNO3. The van der Waals surface area contributed by atoms with Gasteiger partial charge in [0.15, 0.2) is 0 Å². The van der Waals surface area contributed by atoms with Gasteiger partial charge in [-0.15, -0.1) is 0 Å². The fourth-order valence-electron chi connectivity index (χ4n) is 3.00. The Morgan fingerprint density at radius 3 is 2.68 bits per heavy atom. The average Bonchev–Trinajstić information content (AvgIpc) is 2.49. The van der Waals surface area contributed by atoms with E-state index in [1.54, 1.807) is 6.92 Å². The number of anilines is 1. The minimum Gasteiger partial charge on any atom is -0.465 e. The number of nitrogens with one attached hydrogen (secondary N) is 1. The Balaban J connectivity index is 2.12. The van der Waals surface area contributed by atoms with Crippen molar-refractivity contribution in [3.05, 3.63) is 28.7 Å². The lowest BCUT2D eigenvalue weighted by Crippen LogP contribution is -2.37. The van der Waals surface area contributed by atoms with Gasteiger partial charge in [-0.1, -0.05) is 41.3 Å². The lowest BCUT2D eigenvalue weighted by Gasteiger charge is -2.27. The zero-order valence-electron chi connectivity index (χ0n) is 12.8. The molecule has 0 saturated heterocycles. The van der Waals surface area contributed by atoms with Crippen molar-refractivity contribution in [3.8, 4) is 0 Å². The summed E-state index contributed by atoms with van der Waals surface area (Å²) in [5.41, 5.74) is 0.685. The van der Waals surface area contributed by atoms with Crippen LogP contribution in [0.3, 0.4) is 0 Å². The van der Waals surface area contributed by atoms with E-state index in [9.17, 15) is 9.59 Å². The van der Waals surface area contributed by atoms with Crippen LogP contribution in [0.4, 0.5) is 5.69 Å². The third-order valence-electron chi connectivity index (χ3n) is 4.04. The second-order valence-corrected chi connectivity index (χ2v) is 6.54. The minimum atomic E-state index is -0.709. The van der Waals surface area contributed by atoms with Crippen LogP contribution in [0.15, 0.2) is 28.7 Å². The molecule has 1 unspecified atom stereocenters. The van der Waals surface area contributed by atoms with Gasteiger partial charge >= 0.3 is 5.97 Å². The van der Waals surface area contributed by atoms with E-state index in [0.717, 1.165) is 30.2 Å². The molecule has 0 spiro atoms. The highest BCUT2D eigenvalue weighted by Gasteiger charge is 2.36. The molecule has 0 bridgehead atoms. The zero-order valence-corrected chi connectivity index (χ0v) is 14.4. The van der Waals surface area contributed by atoms with E-state index in [-0.39, 0.29) is 11.8 Å². The molecule has 1 N–H and O–H groups in total. The van der Waals surface area contributed by atoms with Gasteiger partial charge in [-0.25, -0.2) is 0 Å². The third-order valence-corrected chi connectivity index (χ3v) is 4.53. The summed E-state index contributed by atoms with van der Waals surface area (Å²) in [5.74, 6) is -1.29. The van der Waals surface area contributed by atoms with E-state index in [1.807, 2.05) is 24.3 Å². The number of amides is 1. The largest absolute Gasteiger partial charge is 0.465 e. The van der Waals surface area contributed by atoms with Crippen molar-refractivity contribution in [1.29, 1.82) is 0 Å². The van der Waals surface area contributed by atoms with Crippen LogP contribution in [-0.2, 0) is 14.3 Å². The van der Waals surface area contributed by atoms with Gasteiger partial charge in [0.2, 0.25) is 5.91 Å². The Morgan fingerprint density at radius 1 is 1.32 bits per heavy atom. The van der Waals surface area contributed by atoms with Gasteiger partial charge in [0.05, 0.1) is 6.61 Å². The number of hydrogen-bond acceptors (Lipinski definition) is 3. The van der Waals surface area contributed by atoms with Gasteiger partial charge in [-0.2, -0.15) is 0 Å². The molecule has 1 amide bonds. The summed E-state index contributed by atoms with van der Waals surface area (Å²) in [5, 5.41) is 2.85. The van der Waals surface area contributed by atoms with E-state index in [0.29, 0.717) is 12.3 Å². The first kappa shape index (κ1) is 17.0. The van der Waals surface area contributed by atoms with Crippen LogP contribution in [-0.4, -0.2) is 18.5 Å². The van der Waals surface area contributed by atoms with Gasteiger partial charge in [0.1, 0.15) is 5.92 Å². The van der Waals surface area contributed by atoms with Crippen molar-refractivity contribution in [2.75, 3.05) is 11.9 Å². The van der Waals surface area contributed by atoms with Gasteiger partial charge in [0.25, 0.3) is 0 Å². The maximum atomic E-state index is 12.6. The van der Waals surface area contributed by atoms with Crippen molar-refractivity contribution in [3.63, 3.8) is 0 Å². The SMILES string of the molecule is CCOC(=O)C(C(=O)Nc1cccc(Br)c1)C1CCCCC1. The monoisotopic (exact) mass is 367 g/mol. The molecule has 0 heterocycles. The molecule has 0 aromatic heterocycles. The maximum Gasteiger partial charge on any atom is 0.318 e. The normalized spacial score (nSPS) is 16.8. The van der Waals surface area contributed by atoms with E-state index in [2.05, 4.69) is 21.2 Å². The van der Waals surface area contributed by atoms with Gasteiger partial charge < -0.3 is 10.1 Å². The number of carbonyl (C=O) groups is 2. The highest BCUT2D eigenvalue weighted by molar-refractivity contribution is 9.10. The summed E-state index contributed by atoms with van der Waals surface area (Å²) >= 11 is 3.38. The van der Waals surface area contributed by atoms with Crippen molar-refractivity contribution >= 4 is 33.5 Å². The minimum absolute atomic E-state index is 0.0833. The highest BCUT2D eigenvalue weighted by atomic mass is 79.9. The smallest absolute Gasteiger partial charge is 0.318 e. The van der Waals surface area contributed by atoms with Crippen LogP contribution in [0.1, 0.15) is 39.0 Å². The molecule has 22 heavy (non-hydrogen) atoms. The topological polar surface area (TPSA) is 55.4 Å². The van der Waals surface area contributed by atoms with Crippen LogP contribution < -0.4 is 5.32 Å². The summed E-state index contributed by atoms with van der Waals surface area (Å²) in [6.07, 6.45) is 5.15. The Labute approximate surface area is 139 Å². The number of rotatable bonds is 5. The van der Waals surface area contributed by atoms with Crippen molar-refractivity contribution in [2.45, 2.75) is 39.0 Å². The molecule has 1 aromatic rings. The molecule has 0 aliphatic heterocycles. The lowest BCUT2D eigenvalue weighted by molar-refractivity contribution is -0.153. The quantitative estimate of drug-likeness (QED) is 0.628. The fraction of sp³-hybridized carbons (Fsp3) is 0.529. The third kappa shape index (κ3) is 4.57. The molecule has 1 atom stereocenters. The predicted molar refractivity (Wildman–Crippen MR) is 89.5 cm³/mol. The van der Waals surface area contributed by atoms with Crippen LogP contribution in [0, 0.1) is 11.8 Å². The molecule has 1 fully saturated rings. The first-order valence-corrected chi connectivity index (χ1v) is 8.64. The molecule has 1 aliphatic rings. The predicted octanol–water partition coefficient (Wildman–Crippen LogP) is 4.15. The number of esters is 1. The van der Waals surface area contributed by atoms with E-state index in [4.69, 9.17) is 4.74 Å². The molecule has 2 rings (SSSR count). The summed E-state index contributed by atoms with van der Waals surface area (Å²) in [6.45, 7) is 2.06. The van der Waals surface area contributed by atoms with E-state index in [1.165, 1.54) is 6.42 Å². The number of ether oxygens (including phenoxy) is 1. The number of hydrogen-bond donors (Lipinski definition) is 1. The molecule has 5 heteroatoms. The number of halogens is 1. The van der Waals surface area contributed by atoms with Crippen molar-refractivity contribution in [1.82, 2.24) is 0 Å². The van der Waals surface area contributed by atoms with Crippen LogP contribution in [0.2, 0.25) is 0 Å². The zero-order chi connectivity index (χ0) is 15.9. The second-order valence-electron chi connectivity index (χ2n) is 5.63. The fourth-order valence-corrected chi connectivity index (χ4v) is 3.40. The van der Waals surface area contributed by atoms with Gasteiger partial charge in [-0.05, 0) is 43.9 Å². The molecule has 120 valence electrons. The van der Waals surface area contributed by atoms with E-state index < -0.39 is 11.9 Å². The second kappa shape index (κ2) is 8.32. The molecule has 1 aromatic carbocycles. The van der Waals surface area contributed by atoms with Gasteiger partial charge in [0, 0.05) is 10.2 Å². The molecular weight excluding hydrogens is 346 g/mol. The molecule has 1 saturated carbocycles. The average molecular weight is 368 g/mol. The van der Waals surface area contributed by atoms with Crippen LogP contribution in [0.5, 0.6) is 0 Å². The molecule has 4 nitrogen and oxygen atoms in total. The summed E-state index contributed by atoms with van der Waals surface area (Å²) in [4.78, 5) is 24.9. The Kier molecular flexibility index (Phi) is 6.43. The lowest BCUT2D eigenvalue weighted by atomic mass is 9.79. The summed E-state index contributed by atoms with van der Waals surface area (Å²) < 4.78 is 6.02. The van der Waals surface area contributed by atoms with Crippen molar-refractivity contribution in [2.24, 2.45) is 11.8 Å². The van der Waals surface area contributed by atoms with Gasteiger partial charge in [-0.3, -0.25) is 9.59 Å². The summed E-state index contributed by atoms with van der Waals surface area (Å²) in [6, 6.07) is 7.37. The Morgan fingerprint density at radius 2 is 2.05 bits per heavy atom. The summed E-state index contributed by atoms with van der Waals surface area (Å²) in [7, 11) is 0.